The number of hydrogen-bond acceptors (Lipinski definition) is 22. The molecule has 3 fully saturated rings. The molecular formula is C24H54Li2N12O10S2. The second-order valence-corrected chi connectivity index (χ2v) is 14.9. The van der Waals surface area contributed by atoms with Crippen LogP contribution in [0.1, 0.15) is 25.7 Å². The van der Waals surface area contributed by atoms with Crippen molar-refractivity contribution < 1.29 is 84.1 Å². The van der Waals surface area contributed by atoms with E-state index in [4.69, 9.17) is 0 Å². The summed E-state index contributed by atoms with van der Waals surface area (Å²) in [6, 6.07) is 0.0292. The van der Waals surface area contributed by atoms with Gasteiger partial charge in [0, 0.05) is 51.4 Å². The van der Waals surface area contributed by atoms with Crippen LogP contribution in [-0.4, -0.2) is 183 Å². The van der Waals surface area contributed by atoms with E-state index in [0.29, 0.717) is 6.42 Å². The number of aliphatic hydroxyl groups excluding tert-OH is 4. The smallest absolute Gasteiger partial charge is 0.748 e. The quantitative estimate of drug-likeness (QED) is 0.0361. The van der Waals surface area contributed by atoms with Crippen molar-refractivity contribution in [2.24, 2.45) is 0 Å². The summed E-state index contributed by atoms with van der Waals surface area (Å²) < 4.78 is 66.7. The predicted octanol–water partition coefficient (Wildman–Crippen LogP) is -14.4. The Hall–Kier alpha value is 0.375. The van der Waals surface area contributed by atoms with Gasteiger partial charge in [-0.05, 0) is 19.3 Å². The number of nitrogens with one attached hydrogen (secondary N) is 10. The molecule has 0 radical (unpaired) electrons. The molecule has 26 heteroatoms. The van der Waals surface area contributed by atoms with Crippen LogP contribution in [0.25, 0.3) is 0 Å². The van der Waals surface area contributed by atoms with Crippen molar-refractivity contribution in [3.63, 3.8) is 0 Å². The van der Waals surface area contributed by atoms with Gasteiger partial charge in [-0.1, -0.05) is 6.42 Å². The summed E-state index contributed by atoms with van der Waals surface area (Å²) in [6.07, 6.45) is 0.0233. The topological polar surface area (TPSA) is 322 Å². The second kappa shape index (κ2) is 24.7. The molecule has 0 spiro atoms. The van der Waals surface area contributed by atoms with E-state index < -0.39 is 69.5 Å². The minimum atomic E-state index is -4.42. The molecule has 0 aromatic carbocycles. The molecule has 50 heavy (non-hydrogen) atoms. The Labute approximate surface area is 318 Å². The van der Waals surface area contributed by atoms with Gasteiger partial charge in [-0.3, -0.25) is 63.0 Å². The fraction of sp³-hybridized carbons (Fsp3) is 1.00. The summed E-state index contributed by atoms with van der Waals surface area (Å²) in [7, 11) is -8.84. The fourth-order valence-electron chi connectivity index (χ4n) is 5.98. The molecule has 0 bridgehead atoms. The maximum Gasteiger partial charge on any atom is 1.00 e. The minimum absolute atomic E-state index is 0. The third-order valence-corrected chi connectivity index (χ3v) is 9.53. The SMILES string of the molecule is O=S(=O)([O-])CCNC1NC(NC2CCCC(NC3NC(NCCS(=O)(=O)[O-])NC(N(CCO)CCO)N3)C2)NC(N(CCO)CCO)N1.[Li+].[Li+]. The molecule has 2 saturated heterocycles. The van der Waals surface area contributed by atoms with Gasteiger partial charge in [-0.25, -0.2) is 16.8 Å². The van der Waals surface area contributed by atoms with E-state index in [0.717, 1.165) is 19.3 Å². The molecule has 14 N–H and O–H groups in total. The Morgan fingerprint density at radius 3 is 1.24 bits per heavy atom. The molecule has 3 rings (SSSR count). The molecule has 0 aromatic heterocycles. The largest absolute Gasteiger partial charge is 1.00 e. The average molecular weight is 749 g/mol. The Morgan fingerprint density at radius 1 is 0.580 bits per heavy atom. The molecular weight excluding hydrogens is 694 g/mol. The molecule has 0 amide bonds. The van der Waals surface area contributed by atoms with Crippen LogP contribution in [0.5, 0.6) is 0 Å². The van der Waals surface area contributed by atoms with Crippen molar-refractivity contribution in [1.82, 2.24) is 63.0 Å². The number of aliphatic hydroxyl groups is 4. The first-order chi connectivity index (χ1) is 22.8. The Kier molecular flexibility index (Phi) is 23.9. The molecule has 8 unspecified atom stereocenters. The maximum atomic E-state index is 11.1. The fourth-order valence-corrected chi connectivity index (χ4v) is 6.71. The van der Waals surface area contributed by atoms with Crippen molar-refractivity contribution in [1.29, 1.82) is 0 Å². The van der Waals surface area contributed by atoms with E-state index in [1.807, 2.05) is 0 Å². The van der Waals surface area contributed by atoms with Crippen LogP contribution < -0.4 is 90.9 Å². The minimum Gasteiger partial charge on any atom is -0.748 e. The summed E-state index contributed by atoms with van der Waals surface area (Å²) in [5.74, 6) is -1.19. The van der Waals surface area contributed by atoms with E-state index in [-0.39, 0.29) is 116 Å². The third kappa shape index (κ3) is 18.6. The van der Waals surface area contributed by atoms with Crippen molar-refractivity contribution in [3.05, 3.63) is 0 Å². The first-order valence-electron chi connectivity index (χ1n) is 16.2. The number of rotatable bonds is 22. The van der Waals surface area contributed by atoms with Crippen LogP contribution in [0.3, 0.4) is 0 Å². The van der Waals surface area contributed by atoms with Crippen molar-refractivity contribution in [3.8, 4) is 0 Å². The van der Waals surface area contributed by atoms with Crippen LogP contribution >= 0.6 is 0 Å². The van der Waals surface area contributed by atoms with Crippen molar-refractivity contribution >= 4 is 20.2 Å². The molecule has 1 aliphatic carbocycles. The van der Waals surface area contributed by atoms with Gasteiger partial charge in [0.25, 0.3) is 0 Å². The van der Waals surface area contributed by atoms with E-state index in [9.17, 15) is 46.4 Å². The van der Waals surface area contributed by atoms with Gasteiger partial charge in [0.05, 0.1) is 58.2 Å². The first kappa shape index (κ1) is 48.4. The molecule has 22 nitrogen and oxygen atoms in total. The zero-order valence-electron chi connectivity index (χ0n) is 28.9. The van der Waals surface area contributed by atoms with Crippen LogP contribution in [0.2, 0.25) is 0 Å². The normalized spacial score (nSPS) is 29.4. The summed E-state index contributed by atoms with van der Waals surface area (Å²) in [6.45, 7) is 0.202. The van der Waals surface area contributed by atoms with Gasteiger partial charge in [0.1, 0.15) is 37.7 Å². The molecule has 0 aromatic rings. The molecule has 2 aliphatic heterocycles. The molecule has 2 heterocycles. The van der Waals surface area contributed by atoms with Crippen LogP contribution in [0.4, 0.5) is 0 Å². The van der Waals surface area contributed by atoms with Gasteiger partial charge in [0.2, 0.25) is 0 Å². The average Bonchev–Trinajstić information content (AvgIpc) is 2.99. The summed E-state index contributed by atoms with van der Waals surface area (Å²) >= 11 is 0. The van der Waals surface area contributed by atoms with Crippen molar-refractivity contribution in [2.75, 3.05) is 77.2 Å². The Morgan fingerprint density at radius 2 is 0.920 bits per heavy atom. The predicted molar refractivity (Wildman–Crippen MR) is 170 cm³/mol. The van der Waals surface area contributed by atoms with Crippen molar-refractivity contribution in [2.45, 2.75) is 75.5 Å². The first-order valence-corrected chi connectivity index (χ1v) is 19.3. The number of nitrogens with zero attached hydrogens (tertiary/aromatic N) is 2. The van der Waals surface area contributed by atoms with Crippen LogP contribution in [-0.2, 0) is 20.2 Å². The zero-order chi connectivity index (χ0) is 35.2. The summed E-state index contributed by atoms with van der Waals surface area (Å²) in [4.78, 5) is 3.58. The van der Waals surface area contributed by atoms with E-state index in [1.54, 1.807) is 9.80 Å². The van der Waals surface area contributed by atoms with Crippen LogP contribution in [0, 0.1) is 0 Å². The van der Waals surface area contributed by atoms with E-state index in [2.05, 4.69) is 53.2 Å². The van der Waals surface area contributed by atoms with Gasteiger partial charge in [-0.15, -0.1) is 0 Å². The van der Waals surface area contributed by atoms with Crippen LogP contribution in [0.15, 0.2) is 0 Å². The second-order valence-electron chi connectivity index (χ2n) is 11.8. The van der Waals surface area contributed by atoms with Gasteiger partial charge in [-0.2, -0.15) is 0 Å². The van der Waals surface area contributed by atoms with Gasteiger partial charge >= 0.3 is 37.7 Å². The van der Waals surface area contributed by atoms with Gasteiger partial charge < -0.3 is 29.5 Å². The van der Waals surface area contributed by atoms with Gasteiger partial charge in [0.15, 0.2) is 0 Å². The third-order valence-electron chi connectivity index (χ3n) is 8.12. The number of hydrogen-bond donors (Lipinski definition) is 14. The standard InChI is InChI=1S/C24H56N12O10S2.2Li/c37-10-6-35(7-11-38)23-31-19(25-4-14-47(41,42)43)29-21(33-23)27-17-2-1-3-18(16-17)28-22-30-20(26-5-15-48(44,45)46)32-24(34-22)36(8-12-39)9-13-40;;/h17-34,37-40H,1-16H2,(H,41,42,43)(H,44,45,46);;/q;2*+1/p-2. The summed E-state index contributed by atoms with van der Waals surface area (Å²) in [5, 5.41) is 70.9. The Bertz CT molecular complexity index is 1050. The molecule has 284 valence electrons. The Balaban J connectivity index is 0.00000625. The zero-order valence-corrected chi connectivity index (χ0v) is 30.5. The molecule has 8 atom stereocenters. The molecule has 3 aliphatic rings. The van der Waals surface area contributed by atoms with E-state index in [1.165, 1.54) is 0 Å². The monoisotopic (exact) mass is 748 g/mol. The van der Waals surface area contributed by atoms with E-state index >= 15 is 0 Å². The summed E-state index contributed by atoms with van der Waals surface area (Å²) in [5.41, 5.74) is 0. The molecule has 1 saturated carbocycles. The maximum absolute atomic E-state index is 11.1.